The number of ether oxygens (including phenoxy) is 1. The second-order valence-electron chi connectivity index (χ2n) is 5.58. The molecule has 7 heteroatoms. The van der Waals surface area contributed by atoms with Crippen LogP contribution in [0.2, 0.25) is 0 Å². The Morgan fingerprint density at radius 3 is 3.04 bits per heavy atom. The van der Waals surface area contributed by atoms with E-state index >= 15 is 0 Å². The SMILES string of the molecule is COc1cccc(C(=O)Nc2ccsc2-c2nc(C3CC3)no2)c1. The van der Waals surface area contributed by atoms with Gasteiger partial charge < -0.3 is 14.6 Å². The molecule has 1 amide bonds. The van der Waals surface area contributed by atoms with E-state index in [9.17, 15) is 4.79 Å². The smallest absolute Gasteiger partial charge is 0.270 e. The highest BCUT2D eigenvalue weighted by Gasteiger charge is 2.29. The molecule has 0 atom stereocenters. The molecule has 122 valence electrons. The first-order chi connectivity index (χ1) is 11.7. The van der Waals surface area contributed by atoms with Gasteiger partial charge in [0.2, 0.25) is 0 Å². The average Bonchev–Trinajstić information content (AvgIpc) is 3.17. The number of carbonyl (C=O) groups is 1. The van der Waals surface area contributed by atoms with E-state index in [2.05, 4.69) is 15.5 Å². The van der Waals surface area contributed by atoms with Crippen LogP contribution in [0.5, 0.6) is 5.75 Å². The first-order valence-corrected chi connectivity index (χ1v) is 8.49. The lowest BCUT2D eigenvalue weighted by molar-refractivity contribution is 0.102. The maximum absolute atomic E-state index is 12.5. The van der Waals surface area contributed by atoms with Crippen LogP contribution in [-0.4, -0.2) is 23.2 Å². The van der Waals surface area contributed by atoms with Gasteiger partial charge in [-0.05, 0) is 42.5 Å². The topological polar surface area (TPSA) is 77.2 Å². The highest BCUT2D eigenvalue weighted by atomic mass is 32.1. The maximum atomic E-state index is 12.5. The number of methoxy groups -OCH3 is 1. The number of thiophene rings is 1. The lowest BCUT2D eigenvalue weighted by Gasteiger charge is -2.06. The molecule has 4 rings (SSSR count). The third-order valence-electron chi connectivity index (χ3n) is 3.82. The molecule has 0 unspecified atom stereocenters. The molecule has 2 aromatic heterocycles. The second kappa shape index (κ2) is 6.09. The number of nitrogens with one attached hydrogen (secondary N) is 1. The molecule has 0 bridgehead atoms. The van der Waals surface area contributed by atoms with Crippen molar-refractivity contribution in [3.63, 3.8) is 0 Å². The van der Waals surface area contributed by atoms with E-state index in [0.717, 1.165) is 23.5 Å². The number of anilines is 1. The Balaban J connectivity index is 1.56. The zero-order chi connectivity index (χ0) is 16.5. The lowest BCUT2D eigenvalue weighted by atomic mass is 10.2. The van der Waals surface area contributed by atoms with Crippen LogP contribution < -0.4 is 10.1 Å². The van der Waals surface area contributed by atoms with E-state index < -0.39 is 0 Å². The van der Waals surface area contributed by atoms with Gasteiger partial charge in [0.05, 0.1) is 12.8 Å². The fourth-order valence-electron chi connectivity index (χ4n) is 2.37. The Kier molecular flexibility index (Phi) is 3.78. The highest BCUT2D eigenvalue weighted by molar-refractivity contribution is 7.14. The normalized spacial score (nSPS) is 13.7. The zero-order valence-electron chi connectivity index (χ0n) is 13.0. The third-order valence-corrected chi connectivity index (χ3v) is 4.73. The molecule has 1 saturated carbocycles. The van der Waals surface area contributed by atoms with Crippen LogP contribution in [0.15, 0.2) is 40.2 Å². The molecule has 1 aromatic carbocycles. The number of aromatic nitrogens is 2. The first-order valence-electron chi connectivity index (χ1n) is 7.61. The maximum Gasteiger partial charge on any atom is 0.270 e. The predicted octanol–water partition coefficient (Wildman–Crippen LogP) is 3.94. The van der Waals surface area contributed by atoms with Gasteiger partial charge in [0, 0.05) is 11.5 Å². The van der Waals surface area contributed by atoms with Gasteiger partial charge in [-0.3, -0.25) is 4.79 Å². The van der Waals surface area contributed by atoms with Gasteiger partial charge in [-0.2, -0.15) is 4.98 Å². The molecule has 6 nitrogen and oxygen atoms in total. The summed E-state index contributed by atoms with van der Waals surface area (Å²) in [6.45, 7) is 0. The summed E-state index contributed by atoms with van der Waals surface area (Å²) in [5, 5.41) is 8.81. The molecule has 1 aliphatic rings. The summed E-state index contributed by atoms with van der Waals surface area (Å²) < 4.78 is 10.5. The quantitative estimate of drug-likeness (QED) is 0.760. The highest BCUT2D eigenvalue weighted by Crippen LogP contribution is 2.40. The van der Waals surface area contributed by atoms with Crippen molar-refractivity contribution in [2.45, 2.75) is 18.8 Å². The van der Waals surface area contributed by atoms with Gasteiger partial charge in [0.1, 0.15) is 10.6 Å². The summed E-state index contributed by atoms with van der Waals surface area (Å²) in [5.74, 6) is 2.06. The van der Waals surface area contributed by atoms with Crippen molar-refractivity contribution in [2.24, 2.45) is 0 Å². The average molecular weight is 341 g/mol. The van der Waals surface area contributed by atoms with E-state index in [1.54, 1.807) is 31.4 Å². The van der Waals surface area contributed by atoms with Crippen molar-refractivity contribution in [2.75, 3.05) is 12.4 Å². The number of hydrogen-bond donors (Lipinski definition) is 1. The van der Waals surface area contributed by atoms with Gasteiger partial charge in [0.25, 0.3) is 11.8 Å². The van der Waals surface area contributed by atoms with E-state index in [1.807, 2.05) is 11.4 Å². The molecule has 0 aliphatic heterocycles. The molecular weight excluding hydrogens is 326 g/mol. The molecule has 0 spiro atoms. The Morgan fingerprint density at radius 1 is 1.38 bits per heavy atom. The molecule has 0 saturated heterocycles. The Labute approximate surface area is 142 Å². The van der Waals surface area contributed by atoms with Gasteiger partial charge in [0.15, 0.2) is 5.82 Å². The summed E-state index contributed by atoms with van der Waals surface area (Å²) in [6.07, 6.45) is 2.23. The standard InChI is InChI=1S/C17H15N3O3S/c1-22-12-4-2-3-11(9-12)16(21)18-13-7-8-24-14(13)17-19-15(20-23-17)10-5-6-10/h2-4,7-10H,5-6H2,1H3,(H,18,21). The van der Waals surface area contributed by atoms with Gasteiger partial charge in [-0.1, -0.05) is 11.2 Å². The number of hydrogen-bond acceptors (Lipinski definition) is 6. The van der Waals surface area contributed by atoms with E-state index in [1.165, 1.54) is 11.3 Å². The zero-order valence-corrected chi connectivity index (χ0v) is 13.8. The van der Waals surface area contributed by atoms with Crippen molar-refractivity contribution < 1.29 is 14.1 Å². The van der Waals surface area contributed by atoms with Crippen molar-refractivity contribution >= 4 is 22.9 Å². The van der Waals surface area contributed by atoms with Crippen molar-refractivity contribution in [3.05, 3.63) is 47.1 Å². The number of rotatable bonds is 5. The minimum Gasteiger partial charge on any atom is -0.497 e. The molecule has 2 heterocycles. The summed E-state index contributed by atoms with van der Waals surface area (Å²) in [7, 11) is 1.57. The van der Waals surface area contributed by atoms with Crippen LogP contribution in [0.3, 0.4) is 0 Å². The largest absolute Gasteiger partial charge is 0.497 e. The third kappa shape index (κ3) is 2.90. The minimum absolute atomic E-state index is 0.213. The lowest BCUT2D eigenvalue weighted by Crippen LogP contribution is -2.11. The molecule has 3 aromatic rings. The molecule has 1 aliphatic carbocycles. The molecular formula is C17H15N3O3S. The fraction of sp³-hybridized carbons (Fsp3) is 0.235. The van der Waals surface area contributed by atoms with Crippen molar-refractivity contribution in [3.8, 4) is 16.5 Å². The van der Waals surface area contributed by atoms with Crippen LogP contribution in [0.1, 0.15) is 34.9 Å². The van der Waals surface area contributed by atoms with Crippen LogP contribution >= 0.6 is 11.3 Å². The first kappa shape index (κ1) is 14.9. The number of benzene rings is 1. The summed E-state index contributed by atoms with van der Waals surface area (Å²) in [5.41, 5.74) is 1.19. The number of amides is 1. The van der Waals surface area contributed by atoms with Gasteiger partial charge in [-0.15, -0.1) is 11.3 Å². The number of carbonyl (C=O) groups excluding carboxylic acids is 1. The summed E-state index contributed by atoms with van der Waals surface area (Å²) >= 11 is 1.46. The second-order valence-corrected chi connectivity index (χ2v) is 6.50. The van der Waals surface area contributed by atoms with Crippen molar-refractivity contribution in [1.29, 1.82) is 0 Å². The van der Waals surface area contributed by atoms with Crippen LogP contribution in [-0.2, 0) is 0 Å². The van der Waals surface area contributed by atoms with Crippen LogP contribution in [0, 0.1) is 0 Å². The monoisotopic (exact) mass is 341 g/mol. The number of nitrogens with zero attached hydrogens (tertiary/aromatic N) is 2. The fourth-order valence-corrected chi connectivity index (χ4v) is 3.14. The molecule has 24 heavy (non-hydrogen) atoms. The van der Waals surface area contributed by atoms with Crippen LogP contribution in [0.4, 0.5) is 5.69 Å². The van der Waals surface area contributed by atoms with E-state index in [4.69, 9.17) is 9.26 Å². The summed E-state index contributed by atoms with van der Waals surface area (Å²) in [6, 6.07) is 8.84. The Morgan fingerprint density at radius 2 is 2.25 bits per heavy atom. The van der Waals surface area contributed by atoms with Gasteiger partial charge in [-0.25, -0.2) is 0 Å². The van der Waals surface area contributed by atoms with Crippen LogP contribution in [0.25, 0.3) is 10.8 Å². The van der Waals surface area contributed by atoms with Crippen molar-refractivity contribution in [1.82, 2.24) is 10.1 Å². The molecule has 1 N–H and O–H groups in total. The minimum atomic E-state index is -0.213. The van der Waals surface area contributed by atoms with E-state index in [-0.39, 0.29) is 5.91 Å². The Hall–Kier alpha value is -2.67. The molecule has 1 fully saturated rings. The van der Waals surface area contributed by atoms with Gasteiger partial charge >= 0.3 is 0 Å². The Bertz CT molecular complexity index is 883. The predicted molar refractivity (Wildman–Crippen MR) is 90.5 cm³/mol. The summed E-state index contributed by atoms with van der Waals surface area (Å²) in [4.78, 5) is 17.7. The van der Waals surface area contributed by atoms with E-state index in [0.29, 0.717) is 28.8 Å². The molecule has 0 radical (unpaired) electrons.